The summed E-state index contributed by atoms with van der Waals surface area (Å²) in [5, 5.41) is 0. The van der Waals surface area contributed by atoms with Crippen molar-refractivity contribution < 1.29 is 13.9 Å². The molecule has 0 saturated carbocycles. The van der Waals surface area contributed by atoms with Gasteiger partial charge in [0, 0.05) is 6.07 Å². The van der Waals surface area contributed by atoms with E-state index in [-0.39, 0.29) is 23.7 Å². The summed E-state index contributed by atoms with van der Waals surface area (Å²) in [5.74, 6) is 4.50. The summed E-state index contributed by atoms with van der Waals surface area (Å²) < 4.78 is 18.8. The van der Waals surface area contributed by atoms with Crippen molar-refractivity contribution in [1.29, 1.82) is 0 Å². The predicted octanol–water partition coefficient (Wildman–Crippen LogP) is 2.25. The van der Waals surface area contributed by atoms with Crippen molar-refractivity contribution in [2.75, 3.05) is 6.61 Å². The van der Waals surface area contributed by atoms with E-state index in [0.29, 0.717) is 0 Å². The number of nitrogens with zero attached hydrogens (tertiary/aromatic N) is 2. The number of hydrogen-bond donors (Lipinski definition) is 0. The van der Waals surface area contributed by atoms with Gasteiger partial charge in [0.15, 0.2) is 6.61 Å². The maximum Gasteiger partial charge on any atom is 0.218 e. The minimum atomic E-state index is -0.588. The van der Waals surface area contributed by atoms with Crippen molar-refractivity contribution in [2.24, 2.45) is 0 Å². The summed E-state index contributed by atoms with van der Waals surface area (Å²) in [6, 6.07) is 7.10. The van der Waals surface area contributed by atoms with Gasteiger partial charge in [-0.3, -0.25) is 4.79 Å². The molecule has 4 nitrogen and oxygen atoms in total. The quantitative estimate of drug-likeness (QED) is 0.631. The first-order valence-corrected chi connectivity index (χ1v) is 5.86. The smallest absolute Gasteiger partial charge is 0.218 e. The molecule has 0 radical (unpaired) electrons. The molecule has 0 unspecified atom stereocenters. The molecule has 0 saturated heterocycles. The van der Waals surface area contributed by atoms with Gasteiger partial charge in [0.1, 0.15) is 17.8 Å². The minimum absolute atomic E-state index is 0.0366. The summed E-state index contributed by atoms with van der Waals surface area (Å²) in [5.41, 5.74) is 0.0371. The molecule has 0 aliphatic heterocycles. The molecular formula is C15H11FN2O2. The Kier molecular flexibility index (Phi) is 4.40. The number of ketones is 1. The molecule has 0 atom stereocenters. The van der Waals surface area contributed by atoms with Gasteiger partial charge in [-0.05, 0) is 19.1 Å². The highest BCUT2D eigenvalue weighted by Crippen LogP contribution is 2.14. The third-order valence-electron chi connectivity index (χ3n) is 2.46. The van der Waals surface area contributed by atoms with Crippen LogP contribution >= 0.6 is 0 Å². The highest BCUT2D eigenvalue weighted by atomic mass is 19.1. The first-order chi connectivity index (χ1) is 9.72. The van der Waals surface area contributed by atoms with E-state index < -0.39 is 11.6 Å². The number of benzene rings is 1. The first kappa shape index (κ1) is 13.7. The molecule has 0 N–H and O–H groups in total. The fourth-order valence-corrected chi connectivity index (χ4v) is 1.51. The summed E-state index contributed by atoms with van der Waals surface area (Å²) >= 11 is 0. The molecule has 0 amide bonds. The average molecular weight is 270 g/mol. The first-order valence-electron chi connectivity index (χ1n) is 5.86. The maximum atomic E-state index is 13.6. The van der Waals surface area contributed by atoms with Gasteiger partial charge < -0.3 is 4.74 Å². The van der Waals surface area contributed by atoms with E-state index in [1.165, 1.54) is 30.6 Å². The summed E-state index contributed by atoms with van der Waals surface area (Å²) in [6.45, 7) is 1.86. The Bertz CT molecular complexity index is 690. The van der Waals surface area contributed by atoms with Crippen LogP contribution in [0.4, 0.5) is 4.39 Å². The van der Waals surface area contributed by atoms with Gasteiger partial charge in [0.2, 0.25) is 11.7 Å². The van der Waals surface area contributed by atoms with Crippen molar-refractivity contribution in [1.82, 2.24) is 9.97 Å². The van der Waals surface area contributed by atoms with Crippen LogP contribution in [0.3, 0.4) is 0 Å². The van der Waals surface area contributed by atoms with Crippen molar-refractivity contribution >= 4 is 5.78 Å². The van der Waals surface area contributed by atoms with Crippen LogP contribution in [-0.4, -0.2) is 22.4 Å². The number of carbonyl (C=O) groups is 1. The molecule has 0 spiro atoms. The number of aromatic nitrogens is 2. The lowest BCUT2D eigenvalue weighted by atomic mass is 10.1. The Morgan fingerprint density at radius 2 is 2.15 bits per heavy atom. The van der Waals surface area contributed by atoms with E-state index in [0.717, 1.165) is 0 Å². The van der Waals surface area contributed by atoms with Gasteiger partial charge in [-0.2, -0.15) is 0 Å². The number of carbonyl (C=O) groups excluding carboxylic acids is 1. The van der Waals surface area contributed by atoms with E-state index in [4.69, 9.17) is 4.74 Å². The Labute approximate surface area is 115 Å². The Hall–Kier alpha value is -2.74. The largest absolute Gasteiger partial charge is 0.464 e. The van der Waals surface area contributed by atoms with Gasteiger partial charge >= 0.3 is 0 Å². The van der Waals surface area contributed by atoms with Crippen molar-refractivity contribution in [3.8, 4) is 17.7 Å². The van der Waals surface area contributed by atoms with E-state index in [1.807, 2.05) is 0 Å². The SMILES string of the molecule is CC#CCOc1cc(C(=O)c2ccccc2F)ncn1. The van der Waals surface area contributed by atoms with Crippen LogP contribution in [0.15, 0.2) is 36.7 Å². The van der Waals surface area contributed by atoms with Crippen molar-refractivity contribution in [3.63, 3.8) is 0 Å². The Balaban J connectivity index is 2.24. The van der Waals surface area contributed by atoms with E-state index in [9.17, 15) is 9.18 Å². The third-order valence-corrected chi connectivity index (χ3v) is 2.46. The molecule has 0 bridgehead atoms. The molecule has 1 heterocycles. The highest BCUT2D eigenvalue weighted by molar-refractivity contribution is 6.07. The van der Waals surface area contributed by atoms with Gasteiger partial charge in [-0.25, -0.2) is 14.4 Å². The molecule has 100 valence electrons. The molecule has 0 aliphatic rings. The van der Waals surface area contributed by atoms with Crippen LogP contribution in [0.5, 0.6) is 5.88 Å². The number of rotatable bonds is 4. The van der Waals surface area contributed by atoms with Crippen molar-refractivity contribution in [2.45, 2.75) is 6.92 Å². The standard InChI is InChI=1S/C15H11FN2O2/c1-2-3-8-20-14-9-13(17-10-18-14)15(19)11-6-4-5-7-12(11)16/h4-7,9-10H,8H2,1H3. The van der Waals surface area contributed by atoms with Gasteiger partial charge in [0.25, 0.3) is 0 Å². The molecule has 0 fully saturated rings. The van der Waals surface area contributed by atoms with Crippen LogP contribution in [0, 0.1) is 17.7 Å². The summed E-state index contributed by atoms with van der Waals surface area (Å²) in [4.78, 5) is 19.8. The van der Waals surface area contributed by atoms with E-state index in [1.54, 1.807) is 13.0 Å². The van der Waals surface area contributed by atoms with E-state index >= 15 is 0 Å². The van der Waals surface area contributed by atoms with Crippen LogP contribution in [-0.2, 0) is 0 Å². The second kappa shape index (κ2) is 6.43. The molecule has 20 heavy (non-hydrogen) atoms. The summed E-state index contributed by atoms with van der Waals surface area (Å²) in [7, 11) is 0. The zero-order chi connectivity index (χ0) is 14.4. The van der Waals surface area contributed by atoms with Crippen LogP contribution in [0.2, 0.25) is 0 Å². The van der Waals surface area contributed by atoms with Gasteiger partial charge in [0.05, 0.1) is 5.56 Å². The molecule has 0 aliphatic carbocycles. The zero-order valence-corrected chi connectivity index (χ0v) is 10.8. The Morgan fingerprint density at radius 1 is 1.35 bits per heavy atom. The number of halogens is 1. The highest BCUT2D eigenvalue weighted by Gasteiger charge is 2.15. The molecule has 2 aromatic rings. The van der Waals surface area contributed by atoms with Crippen LogP contribution < -0.4 is 4.74 Å². The molecule has 1 aromatic heterocycles. The zero-order valence-electron chi connectivity index (χ0n) is 10.8. The molecule has 2 rings (SSSR count). The topological polar surface area (TPSA) is 52.1 Å². The second-order valence-electron chi connectivity index (χ2n) is 3.77. The van der Waals surface area contributed by atoms with Crippen LogP contribution in [0.25, 0.3) is 0 Å². The molecule has 1 aromatic carbocycles. The third kappa shape index (κ3) is 3.18. The predicted molar refractivity (Wildman–Crippen MR) is 70.8 cm³/mol. The number of hydrogen-bond acceptors (Lipinski definition) is 4. The van der Waals surface area contributed by atoms with Crippen LogP contribution in [0.1, 0.15) is 23.0 Å². The monoisotopic (exact) mass is 270 g/mol. The van der Waals surface area contributed by atoms with E-state index in [2.05, 4.69) is 21.8 Å². The fraction of sp³-hybridized carbons (Fsp3) is 0.133. The Morgan fingerprint density at radius 3 is 2.90 bits per heavy atom. The summed E-state index contributed by atoms with van der Waals surface area (Å²) in [6.07, 6.45) is 1.20. The van der Waals surface area contributed by atoms with Crippen molar-refractivity contribution in [3.05, 3.63) is 53.7 Å². The van der Waals surface area contributed by atoms with Gasteiger partial charge in [-0.1, -0.05) is 18.1 Å². The molecular weight excluding hydrogens is 259 g/mol. The minimum Gasteiger partial charge on any atom is -0.464 e. The van der Waals surface area contributed by atoms with Gasteiger partial charge in [-0.15, -0.1) is 5.92 Å². The lowest BCUT2D eigenvalue weighted by molar-refractivity contribution is 0.103. The fourth-order valence-electron chi connectivity index (χ4n) is 1.51. The lowest BCUT2D eigenvalue weighted by Crippen LogP contribution is -2.08. The second-order valence-corrected chi connectivity index (χ2v) is 3.77. The molecule has 5 heteroatoms. The lowest BCUT2D eigenvalue weighted by Gasteiger charge is -2.04. The number of ether oxygens (including phenoxy) is 1. The maximum absolute atomic E-state index is 13.6. The average Bonchev–Trinajstić information content (AvgIpc) is 2.48. The normalized spacial score (nSPS) is 9.50.